The van der Waals surface area contributed by atoms with Crippen molar-refractivity contribution in [1.29, 1.82) is 0 Å². The summed E-state index contributed by atoms with van der Waals surface area (Å²) in [7, 11) is 1.99. The smallest absolute Gasteiger partial charge is 0.134 e. The van der Waals surface area contributed by atoms with Crippen LogP contribution in [0.25, 0.3) is 0 Å². The fourth-order valence-electron chi connectivity index (χ4n) is 5.88. The third-order valence-corrected chi connectivity index (χ3v) is 10.2. The average Bonchev–Trinajstić information content (AvgIpc) is 3.12. The summed E-state index contributed by atoms with van der Waals surface area (Å²) in [6, 6.07) is 0. The summed E-state index contributed by atoms with van der Waals surface area (Å²) >= 11 is 1.91. The van der Waals surface area contributed by atoms with Crippen molar-refractivity contribution < 1.29 is 9.59 Å². The maximum atomic E-state index is 12.3. The van der Waals surface area contributed by atoms with Crippen LogP contribution in [0.3, 0.4) is 0 Å². The van der Waals surface area contributed by atoms with Gasteiger partial charge in [0.15, 0.2) is 0 Å². The third-order valence-electron chi connectivity index (χ3n) is 9.17. The van der Waals surface area contributed by atoms with E-state index in [-0.39, 0.29) is 0 Å². The molecule has 50 heavy (non-hydrogen) atoms. The van der Waals surface area contributed by atoms with E-state index in [1.54, 1.807) is 0 Å². The van der Waals surface area contributed by atoms with E-state index in [1.165, 1.54) is 147 Å². The molecule has 0 unspecified atom stereocenters. The van der Waals surface area contributed by atoms with Gasteiger partial charge < -0.3 is 15.0 Å². The number of carbonyl (C=O) groups is 2. The van der Waals surface area contributed by atoms with Gasteiger partial charge in [0.05, 0.1) is 0 Å². The van der Waals surface area contributed by atoms with Gasteiger partial charge in [0, 0.05) is 56.1 Å². The van der Waals surface area contributed by atoms with Crippen molar-refractivity contribution >= 4 is 23.8 Å². The number of ketones is 1. The Morgan fingerprint density at radius 1 is 0.580 bits per heavy atom. The van der Waals surface area contributed by atoms with Gasteiger partial charge in [-0.2, -0.15) is 11.8 Å². The lowest BCUT2D eigenvalue weighted by molar-refractivity contribution is -0.119. The van der Waals surface area contributed by atoms with Crippen molar-refractivity contribution in [2.45, 2.75) is 201 Å². The van der Waals surface area contributed by atoms with Crippen molar-refractivity contribution in [3.8, 4) is 0 Å². The number of hydrogen-bond acceptors (Lipinski definition) is 5. The fourth-order valence-corrected chi connectivity index (χ4v) is 6.79. The Kier molecular flexibility index (Phi) is 46.4. The molecule has 0 spiro atoms. The highest BCUT2D eigenvalue weighted by Crippen LogP contribution is 2.14. The maximum absolute atomic E-state index is 12.3. The van der Waals surface area contributed by atoms with Crippen LogP contribution in [0.4, 0.5) is 0 Å². The molecule has 5 heteroatoms. The SMILES string of the molecule is C=C(CSCCNC)N(CCC)CCC(=O)CCCCCCC/C=C/CCCCCCC.CCCCCCC/C=C/CCCCCCCC=O. The molecule has 0 aliphatic heterocycles. The molecule has 4 nitrogen and oxygen atoms in total. The lowest BCUT2D eigenvalue weighted by atomic mass is 10.1. The topological polar surface area (TPSA) is 49.4 Å². The Morgan fingerprint density at radius 2 is 1.02 bits per heavy atom. The van der Waals surface area contributed by atoms with E-state index in [0.717, 1.165) is 69.5 Å². The summed E-state index contributed by atoms with van der Waals surface area (Å²) in [4.78, 5) is 24.7. The number of thioether (sulfide) groups is 1. The van der Waals surface area contributed by atoms with Crippen LogP contribution in [-0.4, -0.2) is 55.2 Å². The first-order chi connectivity index (χ1) is 24.6. The van der Waals surface area contributed by atoms with E-state index < -0.39 is 0 Å². The largest absolute Gasteiger partial charge is 0.374 e. The van der Waals surface area contributed by atoms with Crippen LogP contribution in [0.1, 0.15) is 201 Å². The zero-order valence-corrected chi connectivity index (χ0v) is 34.9. The van der Waals surface area contributed by atoms with Gasteiger partial charge in [-0.05, 0) is 77.7 Å². The first kappa shape index (κ1) is 50.8. The molecule has 294 valence electrons. The van der Waals surface area contributed by atoms with Crippen molar-refractivity contribution in [2.75, 3.05) is 38.2 Å². The molecular weight excluding hydrogens is 633 g/mol. The van der Waals surface area contributed by atoms with Crippen LogP contribution < -0.4 is 5.32 Å². The van der Waals surface area contributed by atoms with Gasteiger partial charge in [-0.15, -0.1) is 0 Å². The second kappa shape index (κ2) is 45.7. The number of Topliss-reactive ketones (excluding diaryl/α,β-unsaturated/α-hetero) is 1. The highest BCUT2D eigenvalue weighted by atomic mass is 32.2. The van der Waals surface area contributed by atoms with E-state index >= 15 is 0 Å². The molecule has 0 amide bonds. The fraction of sp³-hybridized carbons (Fsp3) is 0.822. The molecule has 0 saturated carbocycles. The molecule has 0 heterocycles. The predicted octanol–water partition coefficient (Wildman–Crippen LogP) is 13.6. The molecule has 0 rings (SSSR count). The molecule has 0 saturated heterocycles. The molecule has 0 fully saturated rings. The quantitative estimate of drug-likeness (QED) is 0.0389. The highest BCUT2D eigenvalue weighted by Gasteiger charge is 2.10. The normalized spacial score (nSPS) is 11.3. The van der Waals surface area contributed by atoms with Crippen LogP contribution in [0.15, 0.2) is 36.6 Å². The lowest BCUT2D eigenvalue weighted by Gasteiger charge is -2.26. The lowest BCUT2D eigenvalue weighted by Crippen LogP contribution is -2.27. The van der Waals surface area contributed by atoms with Crippen LogP contribution in [0, 0.1) is 0 Å². The number of unbranched alkanes of at least 4 members (excludes halogenated alkanes) is 21. The van der Waals surface area contributed by atoms with Crippen molar-refractivity contribution in [2.24, 2.45) is 0 Å². The van der Waals surface area contributed by atoms with Gasteiger partial charge in [-0.3, -0.25) is 4.79 Å². The number of carbonyl (C=O) groups excluding carboxylic acids is 2. The van der Waals surface area contributed by atoms with Gasteiger partial charge in [0.2, 0.25) is 0 Å². The second-order valence-corrected chi connectivity index (χ2v) is 15.3. The maximum Gasteiger partial charge on any atom is 0.134 e. The van der Waals surface area contributed by atoms with Crippen LogP contribution in [0.5, 0.6) is 0 Å². The second-order valence-electron chi connectivity index (χ2n) is 14.2. The zero-order chi connectivity index (χ0) is 37.0. The Bertz CT molecular complexity index is 766. The van der Waals surface area contributed by atoms with Gasteiger partial charge >= 0.3 is 0 Å². The van der Waals surface area contributed by atoms with Crippen LogP contribution in [-0.2, 0) is 9.59 Å². The summed E-state index contributed by atoms with van der Waals surface area (Å²) in [6.45, 7) is 13.9. The minimum absolute atomic E-state index is 0.420. The standard InChI is InChI=1S/C28H54N2OS.C17H32O/c1-5-7-8-9-10-11-12-13-14-15-16-17-18-19-20-28(31)21-24-30(23-6-2)27(3)26-32-25-22-29-4;1-2-3-4-5-6-7-8-9-10-11-12-13-14-15-16-17-18/h12-13,29H,3,5-11,14-26H2,1-2,4H3;8-9,17H,2-7,10-16H2,1H3/b13-12+;9-8+. The van der Waals surface area contributed by atoms with Crippen LogP contribution in [0.2, 0.25) is 0 Å². The average molecular weight is 719 g/mol. The van der Waals surface area contributed by atoms with Crippen molar-refractivity contribution in [3.63, 3.8) is 0 Å². The van der Waals surface area contributed by atoms with Crippen molar-refractivity contribution in [3.05, 3.63) is 36.6 Å². The molecule has 0 aromatic rings. The minimum atomic E-state index is 0.420. The number of aldehydes is 1. The summed E-state index contributed by atoms with van der Waals surface area (Å²) in [5, 5.41) is 3.18. The Morgan fingerprint density at radius 3 is 1.46 bits per heavy atom. The molecule has 0 aromatic carbocycles. The Balaban J connectivity index is 0. The third kappa shape index (κ3) is 42.8. The highest BCUT2D eigenvalue weighted by molar-refractivity contribution is 7.99. The van der Waals surface area contributed by atoms with Crippen LogP contribution >= 0.6 is 11.8 Å². The predicted molar refractivity (Wildman–Crippen MR) is 228 cm³/mol. The molecule has 0 atom stereocenters. The van der Waals surface area contributed by atoms with Crippen molar-refractivity contribution in [1.82, 2.24) is 10.2 Å². The van der Waals surface area contributed by atoms with E-state index in [0.29, 0.717) is 12.2 Å². The Labute approximate surface area is 317 Å². The van der Waals surface area contributed by atoms with Gasteiger partial charge in [-0.1, -0.05) is 142 Å². The van der Waals surface area contributed by atoms with Gasteiger partial charge in [-0.25, -0.2) is 0 Å². The Hall–Kier alpha value is -1.33. The molecule has 0 radical (unpaired) electrons. The molecule has 1 N–H and O–H groups in total. The summed E-state index contributed by atoms with van der Waals surface area (Å²) < 4.78 is 0. The molecular formula is C45H86N2O2S. The summed E-state index contributed by atoms with van der Waals surface area (Å²) in [5.41, 5.74) is 1.17. The number of hydrogen-bond donors (Lipinski definition) is 1. The van der Waals surface area contributed by atoms with E-state index in [2.05, 4.69) is 61.9 Å². The van der Waals surface area contributed by atoms with E-state index in [9.17, 15) is 9.59 Å². The molecule has 0 bridgehead atoms. The monoisotopic (exact) mass is 719 g/mol. The number of nitrogens with one attached hydrogen (secondary N) is 1. The summed E-state index contributed by atoms with van der Waals surface area (Å²) in [5.74, 6) is 2.48. The summed E-state index contributed by atoms with van der Waals surface area (Å²) in [6.07, 6.45) is 44.8. The van der Waals surface area contributed by atoms with Gasteiger partial charge in [0.1, 0.15) is 12.1 Å². The molecule has 0 aromatic heterocycles. The first-order valence-corrected chi connectivity index (χ1v) is 22.6. The first-order valence-electron chi connectivity index (χ1n) is 21.5. The number of allylic oxidation sites excluding steroid dienone is 4. The van der Waals surface area contributed by atoms with Gasteiger partial charge in [0.25, 0.3) is 0 Å². The van der Waals surface area contributed by atoms with E-state index in [1.807, 2.05) is 18.8 Å². The number of rotatable bonds is 39. The minimum Gasteiger partial charge on any atom is -0.374 e. The number of nitrogens with zero attached hydrogens (tertiary/aromatic N) is 1. The zero-order valence-electron chi connectivity index (χ0n) is 34.1. The molecule has 0 aliphatic rings. The van der Waals surface area contributed by atoms with E-state index in [4.69, 9.17) is 0 Å². The molecule has 0 aliphatic carbocycles.